The van der Waals surface area contributed by atoms with E-state index in [1.807, 2.05) is 19.1 Å². The molecule has 3 aromatic rings. The molecular formula is C26H33N5O2. The zero-order valence-corrected chi connectivity index (χ0v) is 19.7. The zero-order valence-electron chi connectivity index (χ0n) is 19.7. The normalized spacial score (nSPS) is 15.4. The first-order valence-corrected chi connectivity index (χ1v) is 11.9. The van der Waals surface area contributed by atoms with Gasteiger partial charge in [-0.15, -0.1) is 5.10 Å². The van der Waals surface area contributed by atoms with E-state index in [1.165, 1.54) is 30.4 Å². The SMILES string of the molecule is Cc1ccc([C@H](C)NC(=O)CCn2nnc3cc(C(=O)NC4CCCCC4)ccc32)c(C)c1. The summed E-state index contributed by atoms with van der Waals surface area (Å²) in [5.74, 6) is -0.0901. The van der Waals surface area contributed by atoms with Crippen LogP contribution in [0.2, 0.25) is 0 Å². The van der Waals surface area contributed by atoms with Gasteiger partial charge >= 0.3 is 0 Å². The van der Waals surface area contributed by atoms with E-state index >= 15 is 0 Å². The minimum Gasteiger partial charge on any atom is -0.350 e. The van der Waals surface area contributed by atoms with Crippen LogP contribution in [0.3, 0.4) is 0 Å². The molecule has 2 aromatic carbocycles. The number of aromatic nitrogens is 3. The van der Waals surface area contributed by atoms with Crippen LogP contribution in [0.1, 0.15) is 78.5 Å². The van der Waals surface area contributed by atoms with Gasteiger partial charge in [0.05, 0.1) is 18.1 Å². The van der Waals surface area contributed by atoms with Crippen molar-refractivity contribution >= 4 is 22.8 Å². The molecule has 1 aliphatic rings. The van der Waals surface area contributed by atoms with Gasteiger partial charge in [0.1, 0.15) is 5.52 Å². The Morgan fingerprint density at radius 3 is 2.64 bits per heavy atom. The number of fused-ring (bicyclic) bond motifs is 1. The van der Waals surface area contributed by atoms with Gasteiger partial charge < -0.3 is 10.6 Å². The Morgan fingerprint density at radius 1 is 1.09 bits per heavy atom. The van der Waals surface area contributed by atoms with Crippen molar-refractivity contribution in [3.63, 3.8) is 0 Å². The summed E-state index contributed by atoms with van der Waals surface area (Å²) in [5, 5.41) is 14.6. The monoisotopic (exact) mass is 447 g/mol. The maximum atomic E-state index is 12.6. The van der Waals surface area contributed by atoms with E-state index in [0.29, 0.717) is 24.0 Å². The van der Waals surface area contributed by atoms with Crippen LogP contribution >= 0.6 is 0 Å². The van der Waals surface area contributed by atoms with Crippen LogP contribution in [0.15, 0.2) is 36.4 Å². The molecule has 1 heterocycles. The van der Waals surface area contributed by atoms with Gasteiger partial charge in [0.25, 0.3) is 5.91 Å². The number of nitrogens with zero attached hydrogens (tertiary/aromatic N) is 3. The van der Waals surface area contributed by atoms with Crippen molar-refractivity contribution in [1.82, 2.24) is 25.6 Å². The fourth-order valence-electron chi connectivity index (χ4n) is 4.70. The molecule has 0 radical (unpaired) electrons. The molecule has 0 aliphatic heterocycles. The number of hydrogen-bond donors (Lipinski definition) is 2. The average Bonchev–Trinajstić information content (AvgIpc) is 3.20. The van der Waals surface area contributed by atoms with Crippen LogP contribution in [0.4, 0.5) is 0 Å². The van der Waals surface area contributed by atoms with Crippen molar-refractivity contribution in [2.45, 2.75) is 77.9 Å². The second kappa shape index (κ2) is 10.1. The molecule has 0 bridgehead atoms. The largest absolute Gasteiger partial charge is 0.350 e. The number of rotatable bonds is 7. The number of benzene rings is 2. The molecule has 1 saturated carbocycles. The van der Waals surface area contributed by atoms with Gasteiger partial charge in [0.15, 0.2) is 0 Å². The third-order valence-electron chi connectivity index (χ3n) is 6.54. The Hall–Kier alpha value is -3.22. The fraction of sp³-hybridized carbons (Fsp3) is 0.462. The first kappa shape index (κ1) is 23.0. The van der Waals surface area contributed by atoms with E-state index in [9.17, 15) is 9.59 Å². The smallest absolute Gasteiger partial charge is 0.251 e. The molecule has 7 nitrogen and oxygen atoms in total. The second-order valence-corrected chi connectivity index (χ2v) is 9.22. The fourth-order valence-corrected chi connectivity index (χ4v) is 4.70. The summed E-state index contributed by atoms with van der Waals surface area (Å²) in [4.78, 5) is 25.2. The average molecular weight is 448 g/mol. The van der Waals surface area contributed by atoms with Crippen molar-refractivity contribution < 1.29 is 9.59 Å². The summed E-state index contributed by atoms with van der Waals surface area (Å²) in [5.41, 5.74) is 5.59. The lowest BCUT2D eigenvalue weighted by molar-refractivity contribution is -0.122. The summed E-state index contributed by atoms with van der Waals surface area (Å²) in [6.45, 7) is 6.56. The summed E-state index contributed by atoms with van der Waals surface area (Å²) in [6.07, 6.45) is 6.01. The molecule has 0 unspecified atom stereocenters. The van der Waals surface area contributed by atoms with Gasteiger partial charge in [-0.3, -0.25) is 9.59 Å². The number of nitrogens with one attached hydrogen (secondary N) is 2. The summed E-state index contributed by atoms with van der Waals surface area (Å²) >= 11 is 0. The van der Waals surface area contributed by atoms with Gasteiger partial charge in [0.2, 0.25) is 5.91 Å². The molecule has 174 valence electrons. The molecule has 1 fully saturated rings. The number of carbonyl (C=O) groups is 2. The molecule has 2 amide bonds. The Morgan fingerprint density at radius 2 is 1.88 bits per heavy atom. The van der Waals surface area contributed by atoms with Crippen LogP contribution in [0.25, 0.3) is 11.0 Å². The Bertz CT molecular complexity index is 1150. The van der Waals surface area contributed by atoms with Gasteiger partial charge in [-0.1, -0.05) is 48.2 Å². The lowest BCUT2D eigenvalue weighted by Gasteiger charge is -2.22. The molecule has 1 aliphatic carbocycles. The quantitative estimate of drug-likeness (QED) is 0.563. The Labute approximate surface area is 194 Å². The van der Waals surface area contributed by atoms with E-state index in [-0.39, 0.29) is 23.9 Å². The Balaban J connectivity index is 1.35. The molecule has 4 rings (SSSR count). The van der Waals surface area contributed by atoms with Crippen molar-refractivity contribution in [3.05, 3.63) is 58.7 Å². The zero-order chi connectivity index (χ0) is 23.4. The lowest BCUT2D eigenvalue weighted by atomic mass is 9.95. The standard InChI is InChI=1S/C26H33N5O2/c1-17-9-11-22(18(2)15-17)19(3)27-25(32)13-14-31-24-12-10-20(16-23(24)29-30-31)26(33)28-21-7-5-4-6-8-21/h9-12,15-16,19,21H,4-8,13-14H2,1-3H3,(H,27,32)(H,28,33)/t19-/m0/s1. The first-order valence-electron chi connectivity index (χ1n) is 11.9. The third-order valence-corrected chi connectivity index (χ3v) is 6.54. The summed E-state index contributed by atoms with van der Waals surface area (Å²) in [6, 6.07) is 11.9. The molecule has 1 atom stereocenters. The number of carbonyl (C=O) groups excluding carboxylic acids is 2. The van der Waals surface area contributed by atoms with Crippen LogP contribution < -0.4 is 10.6 Å². The molecule has 1 aromatic heterocycles. The molecular weight excluding hydrogens is 414 g/mol. The van der Waals surface area contributed by atoms with Crippen molar-refractivity contribution in [2.75, 3.05) is 0 Å². The summed E-state index contributed by atoms with van der Waals surface area (Å²) in [7, 11) is 0. The second-order valence-electron chi connectivity index (χ2n) is 9.22. The predicted molar refractivity (Wildman–Crippen MR) is 129 cm³/mol. The molecule has 2 N–H and O–H groups in total. The van der Waals surface area contributed by atoms with E-state index < -0.39 is 0 Å². The third kappa shape index (κ3) is 5.59. The molecule has 0 saturated heterocycles. The predicted octanol–water partition coefficient (Wildman–Crippen LogP) is 4.38. The van der Waals surface area contributed by atoms with Crippen molar-refractivity contribution in [1.29, 1.82) is 0 Å². The van der Waals surface area contributed by atoms with Crippen molar-refractivity contribution in [2.24, 2.45) is 0 Å². The van der Waals surface area contributed by atoms with E-state index in [2.05, 4.69) is 53.0 Å². The van der Waals surface area contributed by atoms with Gasteiger partial charge in [-0.2, -0.15) is 0 Å². The van der Waals surface area contributed by atoms with E-state index in [1.54, 1.807) is 10.7 Å². The van der Waals surface area contributed by atoms with Crippen LogP contribution in [-0.2, 0) is 11.3 Å². The van der Waals surface area contributed by atoms with Crippen LogP contribution in [0, 0.1) is 13.8 Å². The van der Waals surface area contributed by atoms with Crippen LogP contribution in [-0.4, -0.2) is 32.9 Å². The number of hydrogen-bond acceptors (Lipinski definition) is 4. The molecule has 0 spiro atoms. The maximum Gasteiger partial charge on any atom is 0.251 e. The first-order chi connectivity index (χ1) is 15.9. The summed E-state index contributed by atoms with van der Waals surface area (Å²) < 4.78 is 1.72. The highest BCUT2D eigenvalue weighted by Gasteiger charge is 2.18. The highest BCUT2D eigenvalue weighted by Crippen LogP contribution is 2.20. The highest BCUT2D eigenvalue weighted by atomic mass is 16.2. The minimum absolute atomic E-state index is 0.0328. The minimum atomic E-state index is -0.0594. The van der Waals surface area contributed by atoms with Crippen LogP contribution in [0.5, 0.6) is 0 Å². The molecule has 33 heavy (non-hydrogen) atoms. The van der Waals surface area contributed by atoms with Gasteiger partial charge in [0, 0.05) is 18.0 Å². The topological polar surface area (TPSA) is 88.9 Å². The number of amides is 2. The lowest BCUT2D eigenvalue weighted by Crippen LogP contribution is -2.36. The maximum absolute atomic E-state index is 12.6. The van der Waals surface area contributed by atoms with Gasteiger partial charge in [-0.05, 0) is 62.9 Å². The van der Waals surface area contributed by atoms with E-state index in [0.717, 1.165) is 23.9 Å². The van der Waals surface area contributed by atoms with Crippen molar-refractivity contribution in [3.8, 4) is 0 Å². The highest BCUT2D eigenvalue weighted by molar-refractivity contribution is 5.97. The molecule has 7 heteroatoms. The van der Waals surface area contributed by atoms with Gasteiger partial charge in [-0.25, -0.2) is 4.68 Å². The van der Waals surface area contributed by atoms with E-state index in [4.69, 9.17) is 0 Å². The number of aryl methyl sites for hydroxylation is 3. The Kier molecular flexibility index (Phi) is 7.06.